The summed E-state index contributed by atoms with van der Waals surface area (Å²) in [7, 11) is 0. The molecule has 0 aliphatic heterocycles. The van der Waals surface area contributed by atoms with Gasteiger partial charge in [0.05, 0.1) is 6.61 Å². The molecule has 0 aliphatic rings. The zero-order chi connectivity index (χ0) is 9.14. The minimum Gasteiger partial charge on any atom is -0.460 e. The Balaban J connectivity index is 2.89. The molecule has 7 heteroatoms. The third-order valence-corrected chi connectivity index (χ3v) is 1.46. The summed E-state index contributed by atoms with van der Waals surface area (Å²) in [5, 5.41) is 3.57. The highest BCUT2D eigenvalue weighted by molar-refractivity contribution is 6.05. The lowest BCUT2D eigenvalue weighted by atomic mass is 10.6. The van der Waals surface area contributed by atoms with Gasteiger partial charge in [0, 0.05) is 0 Å². The van der Waals surface area contributed by atoms with Gasteiger partial charge in [0.15, 0.2) is 0 Å². The maximum atomic E-state index is 10.9. The zero-order valence-corrected chi connectivity index (χ0v) is 7.56. The first-order valence-electron chi connectivity index (χ1n) is 3.26. The van der Waals surface area contributed by atoms with Crippen LogP contribution in [-0.4, -0.2) is 42.8 Å². The van der Waals surface area contributed by atoms with E-state index in [-0.39, 0.29) is 12.4 Å². The van der Waals surface area contributed by atoms with Crippen molar-refractivity contribution in [2.24, 2.45) is 0 Å². The smallest absolute Gasteiger partial charge is 0.376 e. The fourth-order valence-corrected chi connectivity index (χ4v) is 0.808. The number of H-pyrrole nitrogens is 1. The SMILES string of the molecule is CCOC(=O)c1n[n]([Al])c(=O)[nH]1. The van der Waals surface area contributed by atoms with Crippen LogP contribution < -0.4 is 5.69 Å². The monoisotopic (exact) mass is 183 g/mol. The molecule has 0 fully saturated rings. The average Bonchev–Trinajstić information content (AvgIpc) is 2.33. The molecule has 1 heterocycles. The Bertz CT molecular complexity index is 342. The molecule has 0 unspecified atom stereocenters. The number of rotatable bonds is 2. The molecule has 6 nitrogen and oxygen atoms in total. The summed E-state index contributed by atoms with van der Waals surface area (Å²) in [5.74, 6) is -0.715. The molecule has 2 radical (unpaired) electrons. The standard InChI is InChI=1S/C5H7N3O3.Al/c1-2-11-4(9)3-6-5(10)8-7-3;/h2H2,1H3,(H2,6,7,8,9,10);/q;+1/p-1. The van der Waals surface area contributed by atoms with Gasteiger partial charge < -0.3 is 8.40 Å². The van der Waals surface area contributed by atoms with Crippen molar-refractivity contribution in [3.05, 3.63) is 16.3 Å². The van der Waals surface area contributed by atoms with Crippen molar-refractivity contribution in [2.45, 2.75) is 6.92 Å². The Morgan fingerprint density at radius 1 is 1.83 bits per heavy atom. The molecule has 0 atom stereocenters. The number of hydrogen-bond acceptors (Lipinski definition) is 4. The number of aromatic amines is 1. The molecule has 0 bridgehead atoms. The van der Waals surface area contributed by atoms with E-state index in [0.717, 1.165) is 3.67 Å². The summed E-state index contributed by atoms with van der Waals surface area (Å²) in [4.78, 5) is 23.9. The van der Waals surface area contributed by atoms with Gasteiger partial charge in [-0.2, -0.15) is 5.10 Å². The summed E-state index contributed by atoms with van der Waals surface area (Å²) in [6.07, 6.45) is 0. The van der Waals surface area contributed by atoms with Gasteiger partial charge in [0.25, 0.3) is 0 Å². The first-order valence-corrected chi connectivity index (χ1v) is 3.78. The lowest BCUT2D eigenvalue weighted by Crippen LogP contribution is -2.15. The maximum absolute atomic E-state index is 10.9. The summed E-state index contributed by atoms with van der Waals surface area (Å²) < 4.78 is 5.55. The second-order valence-corrected chi connectivity index (χ2v) is 2.43. The van der Waals surface area contributed by atoms with E-state index in [9.17, 15) is 9.59 Å². The fraction of sp³-hybridized carbons (Fsp3) is 0.400. The third-order valence-electron chi connectivity index (χ3n) is 1.11. The van der Waals surface area contributed by atoms with Gasteiger partial charge in [0.2, 0.25) is 5.82 Å². The molecule has 0 amide bonds. The largest absolute Gasteiger partial charge is 0.460 e. The first kappa shape index (κ1) is 9.03. The van der Waals surface area contributed by atoms with E-state index in [2.05, 4.69) is 14.8 Å². The Morgan fingerprint density at radius 2 is 2.50 bits per heavy atom. The van der Waals surface area contributed by atoms with Crippen molar-refractivity contribution in [1.82, 2.24) is 13.7 Å². The van der Waals surface area contributed by atoms with Gasteiger partial charge in [0.1, 0.15) is 0 Å². The maximum Gasteiger partial charge on any atom is 0.376 e. The van der Waals surface area contributed by atoms with Crippen LogP contribution in [0.2, 0.25) is 0 Å². The predicted molar refractivity (Wildman–Crippen MR) is 40.0 cm³/mol. The van der Waals surface area contributed by atoms with Crippen LogP contribution >= 0.6 is 0 Å². The van der Waals surface area contributed by atoms with Gasteiger partial charge in [-0.25, -0.2) is 9.59 Å². The van der Waals surface area contributed by atoms with Gasteiger partial charge in [-0.3, -0.25) is 4.98 Å². The molecular weight excluding hydrogens is 177 g/mol. The van der Waals surface area contributed by atoms with Crippen molar-refractivity contribution in [1.29, 1.82) is 0 Å². The van der Waals surface area contributed by atoms with Gasteiger partial charge >= 0.3 is 28.2 Å². The topological polar surface area (TPSA) is 77.0 Å². The lowest BCUT2D eigenvalue weighted by molar-refractivity contribution is 0.0512. The van der Waals surface area contributed by atoms with Crippen LogP contribution in [0, 0.1) is 0 Å². The lowest BCUT2D eigenvalue weighted by Gasteiger charge is -1.94. The second kappa shape index (κ2) is 3.56. The molecule has 0 saturated carbocycles. The number of ether oxygens (including phenoxy) is 1. The van der Waals surface area contributed by atoms with E-state index in [1.165, 1.54) is 0 Å². The third kappa shape index (κ3) is 1.75. The van der Waals surface area contributed by atoms with Crippen LogP contribution in [0.15, 0.2) is 4.79 Å². The quantitative estimate of drug-likeness (QED) is 0.455. The van der Waals surface area contributed by atoms with E-state index in [4.69, 9.17) is 0 Å². The van der Waals surface area contributed by atoms with Crippen LogP contribution in [0.4, 0.5) is 0 Å². The summed E-state index contributed by atoms with van der Waals surface area (Å²) in [6, 6.07) is 0. The second-order valence-electron chi connectivity index (χ2n) is 1.94. The van der Waals surface area contributed by atoms with E-state index >= 15 is 0 Å². The number of nitrogens with zero attached hydrogens (tertiary/aromatic N) is 2. The van der Waals surface area contributed by atoms with E-state index < -0.39 is 11.7 Å². The summed E-state index contributed by atoms with van der Waals surface area (Å²) in [5.41, 5.74) is -0.469. The van der Waals surface area contributed by atoms with E-state index in [1.54, 1.807) is 6.92 Å². The van der Waals surface area contributed by atoms with Gasteiger partial charge in [-0.05, 0) is 6.92 Å². The van der Waals surface area contributed by atoms with Crippen LogP contribution in [-0.2, 0) is 4.74 Å². The highest BCUT2D eigenvalue weighted by Gasteiger charge is 2.10. The predicted octanol–water partition coefficient (Wildman–Crippen LogP) is -1.32. The summed E-state index contributed by atoms with van der Waals surface area (Å²) in [6.45, 7) is 1.93. The molecule has 0 spiro atoms. The number of esters is 1. The molecule has 0 aromatic carbocycles. The van der Waals surface area contributed by atoms with Crippen molar-refractivity contribution in [2.75, 3.05) is 6.61 Å². The van der Waals surface area contributed by atoms with Crippen molar-refractivity contribution >= 4 is 22.5 Å². The van der Waals surface area contributed by atoms with Crippen molar-refractivity contribution in [3.63, 3.8) is 0 Å². The number of carbonyl (C=O) groups is 1. The Morgan fingerprint density at radius 3 is 2.92 bits per heavy atom. The Hall–Kier alpha value is -1.06. The normalized spacial score (nSPS) is 9.75. The Kier molecular flexibility index (Phi) is 2.68. The Labute approximate surface area is 76.2 Å². The van der Waals surface area contributed by atoms with Crippen LogP contribution in [0.1, 0.15) is 17.5 Å². The number of nitrogens with one attached hydrogen (secondary N) is 1. The summed E-state index contributed by atoms with van der Waals surface area (Å²) >= 11 is 2.04. The fourth-order valence-electron chi connectivity index (χ4n) is 0.628. The molecule has 1 aromatic heterocycles. The van der Waals surface area contributed by atoms with Crippen molar-refractivity contribution < 1.29 is 9.53 Å². The number of hydrogen-bond donors (Lipinski definition) is 1. The van der Waals surface area contributed by atoms with Gasteiger partial charge in [-0.1, -0.05) is 0 Å². The first-order chi connectivity index (χ1) is 5.65. The van der Waals surface area contributed by atoms with E-state index in [0.29, 0.717) is 0 Å². The zero-order valence-electron chi connectivity index (χ0n) is 6.40. The minimum atomic E-state index is -0.629. The molecule has 0 saturated heterocycles. The van der Waals surface area contributed by atoms with Crippen molar-refractivity contribution in [3.8, 4) is 0 Å². The van der Waals surface area contributed by atoms with Crippen LogP contribution in [0.25, 0.3) is 0 Å². The molecule has 12 heavy (non-hydrogen) atoms. The van der Waals surface area contributed by atoms with Crippen LogP contribution in [0.5, 0.6) is 0 Å². The average molecular weight is 183 g/mol. The highest BCUT2D eigenvalue weighted by Crippen LogP contribution is 1.88. The number of aromatic nitrogens is 3. The minimum absolute atomic E-state index is 0.0862. The van der Waals surface area contributed by atoms with E-state index in [1.807, 2.05) is 16.5 Å². The molecule has 1 aromatic rings. The molecule has 0 aliphatic carbocycles. The van der Waals surface area contributed by atoms with Crippen LogP contribution in [0.3, 0.4) is 0 Å². The van der Waals surface area contributed by atoms with Gasteiger partial charge in [-0.15, -0.1) is 0 Å². The molecule has 1 N–H and O–H groups in total. The number of carbonyl (C=O) groups excluding carboxylic acids is 1. The molecule has 62 valence electrons. The highest BCUT2D eigenvalue weighted by atomic mass is 27.1. The molecular formula is C5H6AlN3O3. The molecule has 1 rings (SSSR count).